The van der Waals surface area contributed by atoms with Gasteiger partial charge in [-0.3, -0.25) is 4.79 Å². The zero-order chi connectivity index (χ0) is 10.8. The van der Waals surface area contributed by atoms with Gasteiger partial charge in [-0.25, -0.2) is 0 Å². The molecule has 1 fully saturated rings. The highest BCUT2D eigenvalue weighted by Gasteiger charge is 2.30. The van der Waals surface area contributed by atoms with Crippen LogP contribution in [0.25, 0.3) is 0 Å². The number of carbonyl (C=O) groups is 1. The molecule has 0 aromatic heterocycles. The summed E-state index contributed by atoms with van der Waals surface area (Å²) in [7, 11) is 0. The average molecular weight is 194 g/mol. The van der Waals surface area contributed by atoms with Gasteiger partial charge < -0.3 is 0 Å². The van der Waals surface area contributed by atoms with Gasteiger partial charge in [0.2, 0.25) is 0 Å². The lowest BCUT2D eigenvalue weighted by molar-refractivity contribution is -0.116. The number of ketones is 1. The van der Waals surface area contributed by atoms with Crippen LogP contribution in [0.2, 0.25) is 0 Å². The van der Waals surface area contributed by atoms with Crippen LogP contribution < -0.4 is 0 Å². The molecule has 1 nitrogen and oxygen atoms in total. The molecular formula is C13H22O. The quantitative estimate of drug-likeness (QED) is 0.612. The molecule has 1 unspecified atom stereocenters. The van der Waals surface area contributed by atoms with Crippen LogP contribution in [0.3, 0.4) is 0 Å². The Bertz CT molecular complexity index is 248. The Hall–Kier alpha value is -0.590. The summed E-state index contributed by atoms with van der Waals surface area (Å²) in [5.74, 6) is 0.934. The minimum absolute atomic E-state index is 0.270. The second-order valence-corrected chi connectivity index (χ2v) is 5.24. The van der Waals surface area contributed by atoms with Crippen molar-refractivity contribution in [1.29, 1.82) is 0 Å². The maximum Gasteiger partial charge on any atom is 0.133 e. The SMILES string of the molecule is CC(=O)C/C=C1\C(C)CCCC1(C)C. The smallest absolute Gasteiger partial charge is 0.133 e. The second kappa shape index (κ2) is 4.29. The Kier molecular flexibility index (Phi) is 3.52. The maximum absolute atomic E-state index is 11.0. The van der Waals surface area contributed by atoms with E-state index < -0.39 is 0 Å². The van der Waals surface area contributed by atoms with Crippen LogP contribution in [0.5, 0.6) is 0 Å². The van der Waals surface area contributed by atoms with E-state index in [2.05, 4.69) is 26.8 Å². The van der Waals surface area contributed by atoms with Crippen molar-refractivity contribution < 1.29 is 4.79 Å². The minimum Gasteiger partial charge on any atom is -0.300 e. The summed E-state index contributed by atoms with van der Waals surface area (Å²) in [5.41, 5.74) is 1.81. The standard InChI is InChI=1S/C13H22O/c1-10-6-5-9-13(3,4)12(10)8-7-11(2)14/h8,10H,5-7,9H2,1-4H3/b12-8+. The van der Waals surface area contributed by atoms with Crippen molar-refractivity contribution in [2.75, 3.05) is 0 Å². The predicted molar refractivity (Wildman–Crippen MR) is 60.2 cm³/mol. The van der Waals surface area contributed by atoms with Crippen LogP contribution in [0.1, 0.15) is 53.4 Å². The normalized spacial score (nSPS) is 29.1. The molecule has 0 N–H and O–H groups in total. The Morgan fingerprint density at radius 2 is 2.21 bits per heavy atom. The van der Waals surface area contributed by atoms with Crippen molar-refractivity contribution in [2.45, 2.75) is 53.4 Å². The first-order chi connectivity index (χ1) is 6.43. The Labute approximate surface area is 87.6 Å². The van der Waals surface area contributed by atoms with Crippen molar-refractivity contribution in [3.05, 3.63) is 11.6 Å². The van der Waals surface area contributed by atoms with Gasteiger partial charge in [0.1, 0.15) is 5.78 Å². The summed E-state index contributed by atoms with van der Waals surface area (Å²) in [6.07, 6.45) is 6.66. The Morgan fingerprint density at radius 1 is 1.57 bits per heavy atom. The lowest BCUT2D eigenvalue weighted by Gasteiger charge is -2.37. The number of hydrogen-bond acceptors (Lipinski definition) is 1. The van der Waals surface area contributed by atoms with Gasteiger partial charge in [0, 0.05) is 6.42 Å². The van der Waals surface area contributed by atoms with Gasteiger partial charge in [0.05, 0.1) is 0 Å². The first kappa shape index (κ1) is 11.5. The van der Waals surface area contributed by atoms with Crippen molar-refractivity contribution in [2.24, 2.45) is 11.3 Å². The van der Waals surface area contributed by atoms with Crippen molar-refractivity contribution in [3.63, 3.8) is 0 Å². The Morgan fingerprint density at radius 3 is 2.71 bits per heavy atom. The van der Waals surface area contributed by atoms with Crippen molar-refractivity contribution in [3.8, 4) is 0 Å². The number of hydrogen-bond donors (Lipinski definition) is 0. The van der Waals surface area contributed by atoms with E-state index in [1.165, 1.54) is 24.8 Å². The zero-order valence-corrected chi connectivity index (χ0v) is 9.89. The molecule has 1 aliphatic rings. The number of allylic oxidation sites excluding steroid dienone is 2. The fourth-order valence-electron chi connectivity index (χ4n) is 2.55. The third-order valence-corrected chi connectivity index (χ3v) is 3.36. The van der Waals surface area contributed by atoms with Gasteiger partial charge in [-0.05, 0) is 31.1 Å². The summed E-state index contributed by atoms with van der Waals surface area (Å²) in [6, 6.07) is 0. The van der Waals surface area contributed by atoms with E-state index in [1.807, 2.05) is 0 Å². The lowest BCUT2D eigenvalue weighted by atomic mass is 9.68. The molecule has 1 aliphatic carbocycles. The summed E-state index contributed by atoms with van der Waals surface area (Å²) in [4.78, 5) is 11.0. The molecule has 14 heavy (non-hydrogen) atoms. The van der Waals surface area contributed by atoms with E-state index in [9.17, 15) is 4.79 Å². The van der Waals surface area contributed by atoms with E-state index in [4.69, 9.17) is 0 Å². The molecule has 0 radical (unpaired) electrons. The highest BCUT2D eigenvalue weighted by Crippen LogP contribution is 2.43. The summed E-state index contributed by atoms with van der Waals surface area (Å²) in [6.45, 7) is 8.55. The fourth-order valence-corrected chi connectivity index (χ4v) is 2.55. The molecule has 0 heterocycles. The van der Waals surface area contributed by atoms with Crippen LogP contribution in [0.15, 0.2) is 11.6 Å². The molecule has 1 atom stereocenters. The van der Waals surface area contributed by atoms with Crippen LogP contribution in [0.4, 0.5) is 0 Å². The van der Waals surface area contributed by atoms with E-state index >= 15 is 0 Å². The molecule has 1 rings (SSSR count). The van der Waals surface area contributed by atoms with E-state index in [-0.39, 0.29) is 5.78 Å². The zero-order valence-electron chi connectivity index (χ0n) is 9.89. The van der Waals surface area contributed by atoms with Crippen LogP contribution in [-0.4, -0.2) is 5.78 Å². The number of carbonyl (C=O) groups excluding carboxylic acids is 1. The second-order valence-electron chi connectivity index (χ2n) is 5.24. The number of rotatable bonds is 2. The molecule has 1 heteroatoms. The molecule has 0 aliphatic heterocycles. The molecule has 0 bridgehead atoms. The fraction of sp³-hybridized carbons (Fsp3) is 0.769. The summed E-state index contributed by atoms with van der Waals surface area (Å²) >= 11 is 0. The van der Waals surface area contributed by atoms with Crippen molar-refractivity contribution in [1.82, 2.24) is 0 Å². The molecule has 0 saturated heterocycles. The van der Waals surface area contributed by atoms with Gasteiger partial charge in [0.25, 0.3) is 0 Å². The van der Waals surface area contributed by atoms with Gasteiger partial charge in [0.15, 0.2) is 0 Å². The third-order valence-electron chi connectivity index (χ3n) is 3.36. The average Bonchev–Trinajstić information content (AvgIpc) is 2.01. The topological polar surface area (TPSA) is 17.1 Å². The van der Waals surface area contributed by atoms with E-state index in [1.54, 1.807) is 6.92 Å². The lowest BCUT2D eigenvalue weighted by Crippen LogP contribution is -2.25. The van der Waals surface area contributed by atoms with Gasteiger partial charge in [-0.15, -0.1) is 0 Å². The minimum atomic E-state index is 0.270. The molecule has 0 aromatic carbocycles. The van der Waals surface area contributed by atoms with Gasteiger partial charge >= 0.3 is 0 Å². The van der Waals surface area contributed by atoms with Gasteiger partial charge in [-0.1, -0.05) is 38.8 Å². The molecule has 1 saturated carbocycles. The first-order valence-electron chi connectivity index (χ1n) is 5.63. The summed E-state index contributed by atoms with van der Waals surface area (Å²) < 4.78 is 0. The van der Waals surface area contributed by atoms with Crippen LogP contribution in [-0.2, 0) is 4.79 Å². The molecule has 0 amide bonds. The van der Waals surface area contributed by atoms with Crippen molar-refractivity contribution >= 4 is 5.78 Å². The monoisotopic (exact) mass is 194 g/mol. The van der Waals surface area contributed by atoms with E-state index in [0.29, 0.717) is 17.8 Å². The number of Topliss-reactive ketones (excluding diaryl/α,β-unsaturated/α-hetero) is 1. The Balaban J connectivity index is 2.79. The highest BCUT2D eigenvalue weighted by atomic mass is 16.1. The predicted octanol–water partition coefficient (Wildman–Crippen LogP) is 3.74. The largest absolute Gasteiger partial charge is 0.300 e. The molecular weight excluding hydrogens is 172 g/mol. The van der Waals surface area contributed by atoms with Crippen LogP contribution >= 0.6 is 0 Å². The molecule has 0 aromatic rings. The van der Waals surface area contributed by atoms with Crippen LogP contribution in [0, 0.1) is 11.3 Å². The van der Waals surface area contributed by atoms with E-state index in [0.717, 1.165) is 0 Å². The first-order valence-corrected chi connectivity index (χ1v) is 5.63. The molecule has 80 valence electrons. The maximum atomic E-state index is 11.0. The molecule has 0 spiro atoms. The summed E-state index contributed by atoms with van der Waals surface area (Å²) in [5, 5.41) is 0. The van der Waals surface area contributed by atoms with Gasteiger partial charge in [-0.2, -0.15) is 0 Å². The highest BCUT2D eigenvalue weighted by molar-refractivity contribution is 5.77. The third kappa shape index (κ3) is 2.70.